The summed E-state index contributed by atoms with van der Waals surface area (Å²) >= 11 is 6.24. The van der Waals surface area contributed by atoms with Crippen LogP contribution in [-0.2, 0) is 11.2 Å². The van der Waals surface area contributed by atoms with E-state index < -0.39 is 23.1 Å². The van der Waals surface area contributed by atoms with Crippen molar-refractivity contribution in [2.45, 2.75) is 63.8 Å². The molecular weight excluding hydrogens is 491 g/mol. The molecule has 0 bridgehead atoms. The van der Waals surface area contributed by atoms with E-state index in [0.29, 0.717) is 30.4 Å². The number of hydrogen-bond donors (Lipinski definition) is 1. The number of ketones is 1. The van der Waals surface area contributed by atoms with Gasteiger partial charge in [0.1, 0.15) is 0 Å². The molecule has 1 aromatic heterocycles. The van der Waals surface area contributed by atoms with Gasteiger partial charge in [0.2, 0.25) is 5.91 Å². The van der Waals surface area contributed by atoms with Crippen LogP contribution in [0.5, 0.6) is 0 Å². The fraction of sp³-hybridized carbons (Fsp3) is 0.519. The first kappa shape index (κ1) is 28.1. The topological polar surface area (TPSA) is 62.3 Å². The van der Waals surface area contributed by atoms with E-state index in [-0.39, 0.29) is 47.7 Å². The van der Waals surface area contributed by atoms with E-state index in [1.807, 2.05) is 19.0 Å². The second kappa shape index (κ2) is 11.3. The Morgan fingerprint density at radius 3 is 2.36 bits per heavy atom. The zero-order valence-electron chi connectivity index (χ0n) is 21.1. The van der Waals surface area contributed by atoms with E-state index in [4.69, 9.17) is 11.6 Å². The summed E-state index contributed by atoms with van der Waals surface area (Å²) in [5.74, 6) is -4.95. The Bertz CT molecular complexity index is 1090. The van der Waals surface area contributed by atoms with E-state index in [0.717, 1.165) is 6.92 Å². The zero-order chi connectivity index (χ0) is 26.7. The summed E-state index contributed by atoms with van der Waals surface area (Å²) < 4.78 is 43.8. The lowest BCUT2D eigenvalue weighted by Gasteiger charge is -2.32. The van der Waals surface area contributed by atoms with Gasteiger partial charge >= 0.3 is 0 Å². The molecule has 1 fully saturated rings. The van der Waals surface area contributed by atoms with Gasteiger partial charge in [-0.2, -0.15) is 0 Å². The highest BCUT2D eigenvalue weighted by Gasteiger charge is 2.63. The first-order valence-electron chi connectivity index (χ1n) is 12.1. The molecule has 2 aromatic rings. The number of amides is 1. The molecule has 1 aliphatic rings. The van der Waals surface area contributed by atoms with Gasteiger partial charge in [0, 0.05) is 49.2 Å². The lowest BCUT2D eigenvalue weighted by molar-refractivity contribution is -0.123. The van der Waals surface area contributed by atoms with Crippen molar-refractivity contribution in [3.63, 3.8) is 0 Å². The van der Waals surface area contributed by atoms with Crippen LogP contribution in [0.4, 0.5) is 13.2 Å². The number of rotatable bonds is 12. The average Bonchev–Trinajstić information content (AvgIpc) is 3.65. The van der Waals surface area contributed by atoms with Crippen molar-refractivity contribution in [1.82, 2.24) is 15.2 Å². The summed E-state index contributed by atoms with van der Waals surface area (Å²) in [6, 6.07) is 6.21. The largest absolute Gasteiger partial charge is 0.355 e. The lowest BCUT2D eigenvalue weighted by Crippen LogP contribution is -2.43. The average molecular weight is 524 g/mol. The predicted molar refractivity (Wildman–Crippen MR) is 134 cm³/mol. The number of nitrogens with zero attached hydrogens (tertiary/aromatic N) is 2. The fourth-order valence-electron chi connectivity index (χ4n) is 4.79. The number of hydrogen-bond acceptors (Lipinski definition) is 4. The van der Waals surface area contributed by atoms with E-state index >= 15 is 0 Å². The number of benzene rings is 1. The van der Waals surface area contributed by atoms with Crippen molar-refractivity contribution in [1.29, 1.82) is 0 Å². The summed E-state index contributed by atoms with van der Waals surface area (Å²) in [6.07, 6.45) is 4.24. The monoisotopic (exact) mass is 523 g/mol. The highest BCUT2D eigenvalue weighted by molar-refractivity contribution is 6.32. The molecule has 1 aliphatic carbocycles. The molecule has 1 aromatic carbocycles. The molecule has 36 heavy (non-hydrogen) atoms. The quantitative estimate of drug-likeness (QED) is 0.364. The van der Waals surface area contributed by atoms with Crippen LogP contribution in [0.3, 0.4) is 0 Å². The molecule has 0 saturated heterocycles. The maximum Gasteiger partial charge on any atom is 0.251 e. The zero-order valence-corrected chi connectivity index (χ0v) is 21.8. The number of halogens is 4. The Balaban J connectivity index is 1.71. The first-order valence-corrected chi connectivity index (χ1v) is 12.5. The summed E-state index contributed by atoms with van der Waals surface area (Å²) in [4.78, 5) is 30.7. The van der Waals surface area contributed by atoms with Crippen molar-refractivity contribution in [3.05, 3.63) is 64.2 Å². The van der Waals surface area contributed by atoms with E-state index in [9.17, 15) is 22.8 Å². The molecule has 3 rings (SSSR count). The van der Waals surface area contributed by atoms with Gasteiger partial charge in [0.25, 0.3) is 5.92 Å². The number of carbonyl (C=O) groups excluding carboxylic acids is 2. The van der Waals surface area contributed by atoms with Crippen LogP contribution in [0.2, 0.25) is 5.02 Å². The molecule has 1 saturated carbocycles. The van der Waals surface area contributed by atoms with Crippen LogP contribution in [0.1, 0.15) is 66.9 Å². The van der Waals surface area contributed by atoms with Gasteiger partial charge in [-0.25, -0.2) is 13.2 Å². The van der Waals surface area contributed by atoms with Gasteiger partial charge in [0.15, 0.2) is 11.6 Å². The van der Waals surface area contributed by atoms with E-state index in [1.165, 1.54) is 6.07 Å². The molecule has 5 nitrogen and oxygen atoms in total. The second-order valence-corrected chi connectivity index (χ2v) is 10.3. The molecule has 0 unspecified atom stereocenters. The Hall–Kier alpha value is -2.45. The van der Waals surface area contributed by atoms with Crippen LogP contribution in [-0.4, -0.2) is 54.2 Å². The van der Waals surface area contributed by atoms with Crippen molar-refractivity contribution < 1.29 is 22.8 Å². The third-order valence-corrected chi connectivity index (χ3v) is 7.74. The minimum absolute atomic E-state index is 0.0372. The first-order chi connectivity index (χ1) is 16.9. The minimum Gasteiger partial charge on any atom is -0.355 e. The number of likely N-dealkylation sites (N-methyl/N-ethyl adjacent to an activating group) is 1. The Labute approximate surface area is 215 Å². The molecule has 1 amide bonds. The van der Waals surface area contributed by atoms with Gasteiger partial charge in [0.05, 0.1) is 10.6 Å². The molecule has 2 atom stereocenters. The SMILES string of the molecule is CCC(=O)c1ccc(C[C@@H](CNC(=O)C[C@H](c2ccncc2)C2(C(C)(F)F)CC2)N(C)C)c(Cl)c1F. The number of pyridine rings is 1. The molecule has 196 valence electrons. The maximum atomic E-state index is 14.7. The highest BCUT2D eigenvalue weighted by Crippen LogP contribution is 2.65. The third kappa shape index (κ3) is 6.09. The van der Waals surface area contributed by atoms with Crippen molar-refractivity contribution in [2.24, 2.45) is 5.41 Å². The Morgan fingerprint density at radius 2 is 1.83 bits per heavy atom. The number of alkyl halides is 2. The Kier molecular flexibility index (Phi) is 8.83. The third-order valence-electron chi connectivity index (χ3n) is 7.33. The smallest absolute Gasteiger partial charge is 0.251 e. The van der Waals surface area contributed by atoms with Crippen molar-refractivity contribution in [3.8, 4) is 0 Å². The minimum atomic E-state index is -2.92. The van der Waals surface area contributed by atoms with E-state index in [2.05, 4.69) is 10.3 Å². The molecule has 0 spiro atoms. The molecule has 1 heterocycles. The summed E-state index contributed by atoms with van der Waals surface area (Å²) in [5.41, 5.74) is -0.0841. The normalized spacial score (nSPS) is 16.5. The number of aromatic nitrogens is 1. The van der Waals surface area contributed by atoms with Gasteiger partial charge in [-0.15, -0.1) is 0 Å². The Morgan fingerprint density at radius 1 is 1.19 bits per heavy atom. The van der Waals surface area contributed by atoms with Crippen LogP contribution in [0, 0.1) is 11.2 Å². The highest BCUT2D eigenvalue weighted by atomic mass is 35.5. The summed E-state index contributed by atoms with van der Waals surface area (Å²) in [5, 5.41) is 2.77. The molecule has 0 radical (unpaired) electrons. The van der Waals surface area contributed by atoms with Gasteiger partial charge in [-0.05, 0) is 69.6 Å². The molecule has 0 aliphatic heterocycles. The van der Waals surface area contributed by atoms with Crippen LogP contribution >= 0.6 is 11.6 Å². The van der Waals surface area contributed by atoms with E-state index in [1.54, 1.807) is 37.5 Å². The predicted octanol–water partition coefficient (Wildman–Crippen LogP) is 5.67. The van der Waals surface area contributed by atoms with Gasteiger partial charge in [-0.1, -0.05) is 24.6 Å². The number of Topliss-reactive ketones (excluding diaryl/α,β-unsaturated/α-hetero) is 1. The van der Waals surface area contributed by atoms with Crippen LogP contribution < -0.4 is 5.32 Å². The summed E-state index contributed by atoms with van der Waals surface area (Å²) in [7, 11) is 3.65. The lowest BCUT2D eigenvalue weighted by atomic mass is 9.77. The van der Waals surface area contributed by atoms with Gasteiger partial charge < -0.3 is 10.2 Å². The fourth-order valence-corrected chi connectivity index (χ4v) is 5.03. The van der Waals surface area contributed by atoms with Crippen molar-refractivity contribution in [2.75, 3.05) is 20.6 Å². The van der Waals surface area contributed by atoms with Crippen molar-refractivity contribution >= 4 is 23.3 Å². The second-order valence-electron chi connectivity index (χ2n) is 9.88. The molecule has 1 N–H and O–H groups in total. The number of nitrogens with one attached hydrogen (secondary N) is 1. The van der Waals surface area contributed by atoms with Crippen LogP contribution in [0.15, 0.2) is 36.7 Å². The molecular formula is C27H33ClF3N3O2. The standard InChI is InChI=1S/C27H33ClF3N3O2/c1-5-22(35)20-7-6-18(24(28)25(20)29)14-19(34(3)4)16-33-23(36)15-21(17-8-12-32-13-9-17)27(10-11-27)26(2,30)31/h6-9,12-13,19,21H,5,10-11,14-16H2,1-4H3,(H,33,36)/t19-,21+/m0/s1. The molecule has 9 heteroatoms. The number of carbonyl (C=O) groups is 2. The maximum absolute atomic E-state index is 14.7. The van der Waals surface area contributed by atoms with Crippen LogP contribution in [0.25, 0.3) is 0 Å². The summed E-state index contributed by atoms with van der Waals surface area (Å²) in [6.45, 7) is 2.80. The van der Waals surface area contributed by atoms with Gasteiger partial charge in [-0.3, -0.25) is 14.6 Å².